The molecule has 5 rings (SSSR count). The van der Waals surface area contributed by atoms with Gasteiger partial charge in [-0.05, 0) is 68.2 Å². The fourth-order valence-electron chi connectivity index (χ4n) is 6.09. The number of hydrogen-bond acceptors (Lipinski definition) is 2. The number of amides is 1. The third kappa shape index (κ3) is 3.33. The van der Waals surface area contributed by atoms with Crippen molar-refractivity contribution in [2.45, 2.75) is 63.8 Å². The van der Waals surface area contributed by atoms with Crippen LogP contribution < -0.4 is 0 Å². The highest BCUT2D eigenvalue weighted by Gasteiger charge is 2.47. The van der Waals surface area contributed by atoms with Crippen molar-refractivity contribution in [3.63, 3.8) is 0 Å². The van der Waals surface area contributed by atoms with Gasteiger partial charge in [-0.3, -0.25) is 4.79 Å². The zero-order valence-electron chi connectivity index (χ0n) is 16.8. The van der Waals surface area contributed by atoms with Crippen LogP contribution in [0.25, 0.3) is 0 Å². The summed E-state index contributed by atoms with van der Waals surface area (Å²) in [6, 6.07) is 8.96. The van der Waals surface area contributed by atoms with E-state index in [2.05, 4.69) is 41.0 Å². The summed E-state index contributed by atoms with van der Waals surface area (Å²) in [4.78, 5) is 17.9. The maximum absolute atomic E-state index is 13.0. The predicted octanol–water partition coefficient (Wildman–Crippen LogP) is 4.21. The summed E-state index contributed by atoms with van der Waals surface area (Å²) in [6.07, 6.45) is 9.26. The third-order valence-corrected chi connectivity index (χ3v) is 7.99. The third-order valence-electron chi connectivity index (χ3n) is 7.99. The van der Waals surface area contributed by atoms with E-state index in [0.717, 1.165) is 25.4 Å². The maximum atomic E-state index is 13.0. The lowest BCUT2D eigenvalue weighted by atomic mass is 9.68. The van der Waals surface area contributed by atoms with Gasteiger partial charge in [-0.15, -0.1) is 0 Å². The molecule has 0 bridgehead atoms. The van der Waals surface area contributed by atoms with E-state index < -0.39 is 0 Å². The van der Waals surface area contributed by atoms with Crippen molar-refractivity contribution in [3.8, 4) is 0 Å². The lowest BCUT2D eigenvalue weighted by Crippen LogP contribution is -2.54. The number of rotatable bonds is 3. The Balaban J connectivity index is 1.33. The van der Waals surface area contributed by atoms with Crippen molar-refractivity contribution in [2.75, 3.05) is 26.2 Å². The molecule has 3 fully saturated rings. The van der Waals surface area contributed by atoms with E-state index >= 15 is 0 Å². The second-order valence-electron chi connectivity index (χ2n) is 9.90. The highest BCUT2D eigenvalue weighted by Crippen LogP contribution is 2.45. The quantitative estimate of drug-likeness (QED) is 0.800. The Morgan fingerprint density at radius 2 is 1.85 bits per heavy atom. The Labute approximate surface area is 164 Å². The average Bonchev–Trinajstić information content (AvgIpc) is 3.20. The van der Waals surface area contributed by atoms with Crippen LogP contribution in [0.15, 0.2) is 24.3 Å². The minimum absolute atomic E-state index is 0.189. The van der Waals surface area contributed by atoms with Gasteiger partial charge in [0, 0.05) is 31.0 Å². The molecule has 0 N–H and O–H groups in total. The molecule has 1 amide bonds. The lowest BCUT2D eigenvalue weighted by molar-refractivity contribution is -0.135. The molecule has 2 atom stereocenters. The Kier molecular flexibility index (Phi) is 4.54. The Morgan fingerprint density at radius 3 is 2.56 bits per heavy atom. The number of carbonyl (C=O) groups excluding carboxylic acids is 1. The molecule has 0 aromatic heterocycles. The van der Waals surface area contributed by atoms with Gasteiger partial charge < -0.3 is 9.80 Å². The molecule has 0 radical (unpaired) electrons. The Hall–Kier alpha value is -1.35. The van der Waals surface area contributed by atoms with E-state index in [4.69, 9.17) is 0 Å². The van der Waals surface area contributed by atoms with Crippen molar-refractivity contribution < 1.29 is 4.79 Å². The summed E-state index contributed by atoms with van der Waals surface area (Å²) >= 11 is 0. The summed E-state index contributed by atoms with van der Waals surface area (Å²) in [6.45, 7) is 7.70. The minimum atomic E-state index is 0.189. The van der Waals surface area contributed by atoms with Crippen LogP contribution in [0, 0.1) is 17.8 Å². The number of carbonyl (C=O) groups is 1. The highest BCUT2D eigenvalue weighted by atomic mass is 16.2. The van der Waals surface area contributed by atoms with Gasteiger partial charge in [0.2, 0.25) is 5.91 Å². The molecule has 1 saturated heterocycles. The van der Waals surface area contributed by atoms with Gasteiger partial charge in [0.05, 0.1) is 0 Å². The summed E-state index contributed by atoms with van der Waals surface area (Å²) < 4.78 is 0. The molecular weight excluding hydrogens is 332 g/mol. The van der Waals surface area contributed by atoms with E-state index in [9.17, 15) is 4.79 Å². The topological polar surface area (TPSA) is 23.6 Å². The zero-order chi connectivity index (χ0) is 18.4. The van der Waals surface area contributed by atoms with Crippen molar-refractivity contribution in [2.24, 2.45) is 17.8 Å². The van der Waals surface area contributed by atoms with E-state index in [1.54, 1.807) is 5.56 Å². The molecular formula is C24H34N2O. The van der Waals surface area contributed by atoms with Gasteiger partial charge in [-0.2, -0.15) is 0 Å². The lowest BCUT2D eigenvalue weighted by Gasteiger charge is -2.49. The van der Waals surface area contributed by atoms with Crippen LogP contribution in [0.5, 0.6) is 0 Å². The van der Waals surface area contributed by atoms with Crippen LogP contribution in [0.1, 0.15) is 63.0 Å². The molecule has 2 saturated carbocycles. The van der Waals surface area contributed by atoms with E-state index in [1.807, 2.05) is 0 Å². The van der Waals surface area contributed by atoms with Crippen LogP contribution in [0.2, 0.25) is 0 Å². The number of nitrogens with zero attached hydrogens (tertiary/aromatic N) is 2. The van der Waals surface area contributed by atoms with Gasteiger partial charge in [-0.25, -0.2) is 0 Å². The smallest absolute Gasteiger partial charge is 0.226 e. The van der Waals surface area contributed by atoms with E-state index in [-0.39, 0.29) is 5.41 Å². The van der Waals surface area contributed by atoms with Gasteiger partial charge in [-0.1, -0.05) is 44.0 Å². The molecule has 3 nitrogen and oxygen atoms in total. The first-order valence-corrected chi connectivity index (χ1v) is 11.2. The standard InChI is InChI=1S/C24H34N2O/c1-18-14-21(18)23(27)26-16-20-8-4-5-9-22(20)24(17-26)10-12-25(13-11-24)15-19-6-2-3-7-19/h4-5,8-9,18-19,21H,2-3,6-7,10-17H2,1H3/t18-,21-/m1/s1. The predicted molar refractivity (Wildman–Crippen MR) is 108 cm³/mol. The first-order chi connectivity index (χ1) is 13.1. The maximum Gasteiger partial charge on any atom is 0.226 e. The van der Waals surface area contributed by atoms with Crippen LogP contribution in [0.4, 0.5) is 0 Å². The van der Waals surface area contributed by atoms with Crippen molar-refractivity contribution >= 4 is 5.91 Å². The first-order valence-electron chi connectivity index (χ1n) is 11.2. The Bertz CT molecular complexity index is 700. The number of likely N-dealkylation sites (tertiary alicyclic amines) is 1. The second kappa shape index (κ2) is 6.92. The van der Waals surface area contributed by atoms with Crippen LogP contribution in [0.3, 0.4) is 0 Å². The molecule has 1 aromatic carbocycles. The SMILES string of the molecule is C[C@@H]1C[C@H]1C(=O)N1Cc2ccccc2C2(CCN(CC3CCCC3)CC2)C1. The average molecular weight is 367 g/mol. The summed E-state index contributed by atoms with van der Waals surface area (Å²) in [7, 11) is 0. The second-order valence-corrected chi connectivity index (χ2v) is 9.90. The van der Waals surface area contributed by atoms with Crippen LogP contribution in [-0.4, -0.2) is 41.9 Å². The summed E-state index contributed by atoms with van der Waals surface area (Å²) in [5.41, 5.74) is 3.13. The normalized spacial score (nSPS) is 30.5. The van der Waals surface area contributed by atoms with Crippen LogP contribution in [-0.2, 0) is 16.8 Å². The molecule has 0 unspecified atom stereocenters. The Morgan fingerprint density at radius 1 is 1.15 bits per heavy atom. The molecule has 3 heteroatoms. The van der Waals surface area contributed by atoms with Gasteiger partial charge in [0.1, 0.15) is 0 Å². The minimum Gasteiger partial charge on any atom is -0.337 e. The summed E-state index contributed by atoms with van der Waals surface area (Å²) in [5, 5.41) is 0. The van der Waals surface area contributed by atoms with Gasteiger partial charge in [0.25, 0.3) is 0 Å². The van der Waals surface area contributed by atoms with E-state index in [0.29, 0.717) is 17.7 Å². The number of fused-ring (bicyclic) bond motifs is 2. The number of hydrogen-bond donors (Lipinski definition) is 0. The van der Waals surface area contributed by atoms with Crippen molar-refractivity contribution in [1.29, 1.82) is 0 Å². The largest absolute Gasteiger partial charge is 0.337 e. The molecule has 27 heavy (non-hydrogen) atoms. The fraction of sp³-hybridized carbons (Fsp3) is 0.708. The highest BCUT2D eigenvalue weighted by molar-refractivity contribution is 5.82. The van der Waals surface area contributed by atoms with Gasteiger partial charge in [0.15, 0.2) is 0 Å². The zero-order valence-corrected chi connectivity index (χ0v) is 16.8. The van der Waals surface area contributed by atoms with Crippen molar-refractivity contribution in [1.82, 2.24) is 9.80 Å². The molecule has 1 spiro atoms. The first kappa shape index (κ1) is 17.7. The number of benzene rings is 1. The molecule has 4 aliphatic rings. The molecule has 1 aromatic rings. The monoisotopic (exact) mass is 366 g/mol. The molecule has 2 aliphatic carbocycles. The van der Waals surface area contributed by atoms with Crippen molar-refractivity contribution in [3.05, 3.63) is 35.4 Å². The molecule has 2 heterocycles. The van der Waals surface area contributed by atoms with E-state index in [1.165, 1.54) is 63.7 Å². The molecule has 146 valence electrons. The molecule has 2 aliphatic heterocycles. The van der Waals surface area contributed by atoms with Gasteiger partial charge >= 0.3 is 0 Å². The summed E-state index contributed by atoms with van der Waals surface area (Å²) in [5.74, 6) is 2.26. The fourth-order valence-corrected chi connectivity index (χ4v) is 6.09. The number of piperidine rings is 1. The van der Waals surface area contributed by atoms with Crippen LogP contribution >= 0.6 is 0 Å².